The summed E-state index contributed by atoms with van der Waals surface area (Å²) in [5.74, 6) is 3.86. The van der Waals surface area contributed by atoms with Crippen LogP contribution in [0.15, 0.2) is 12.7 Å². The molecule has 2 heterocycles. The lowest BCUT2D eigenvalue weighted by atomic mass is 10.2. The van der Waals surface area contributed by atoms with E-state index in [1.165, 1.54) is 12.8 Å². The van der Waals surface area contributed by atoms with E-state index in [9.17, 15) is 0 Å². The summed E-state index contributed by atoms with van der Waals surface area (Å²) in [6, 6.07) is 0. The quantitative estimate of drug-likeness (QED) is 0.132. The molecule has 0 saturated heterocycles. The average Bonchev–Trinajstić information content (AvgIpc) is 3.42. The van der Waals surface area contributed by atoms with E-state index in [1.807, 2.05) is 23.5 Å². The van der Waals surface area contributed by atoms with Crippen molar-refractivity contribution in [3.05, 3.63) is 35.4 Å². The second kappa shape index (κ2) is 17.9. The Kier molecular flexibility index (Phi) is 15.1. The van der Waals surface area contributed by atoms with E-state index in [4.69, 9.17) is 24.4 Å². The molecule has 2 aromatic rings. The molecule has 0 radical (unpaired) electrons. The summed E-state index contributed by atoms with van der Waals surface area (Å²) < 4.78 is 0. The van der Waals surface area contributed by atoms with Crippen LogP contribution in [-0.4, -0.2) is 67.8 Å². The van der Waals surface area contributed by atoms with Crippen molar-refractivity contribution < 1.29 is 0 Å². The second-order valence-electron chi connectivity index (χ2n) is 7.83. The van der Waals surface area contributed by atoms with Gasteiger partial charge in [-0.1, -0.05) is 12.8 Å². The molecular formula is C22H38N8S4. The van der Waals surface area contributed by atoms with Crippen LogP contribution in [-0.2, 0) is 11.5 Å². The Hall–Kier alpha value is -1.50. The molecule has 0 amide bonds. The van der Waals surface area contributed by atoms with Crippen molar-refractivity contribution in [3.63, 3.8) is 0 Å². The van der Waals surface area contributed by atoms with Crippen LogP contribution in [0.25, 0.3) is 0 Å². The van der Waals surface area contributed by atoms with Crippen molar-refractivity contribution in [3.8, 4) is 0 Å². The molecule has 0 bridgehead atoms. The van der Waals surface area contributed by atoms with Crippen LogP contribution in [0.3, 0.4) is 0 Å². The molecule has 34 heavy (non-hydrogen) atoms. The minimum atomic E-state index is 0.743. The van der Waals surface area contributed by atoms with Crippen LogP contribution in [0.1, 0.15) is 48.5 Å². The standard InChI is InChI=1S/C22H38N8S4/c1-17-19(29-15-27-17)13-33-11-9-25-21(31)23-7-5-3-4-6-8-24-22(32)26-10-12-34-14-20-18(2)28-16-30-20/h15-16H,3-14H2,1-2H3,(H,27,29)(H,28,30)(H2,23,25,31)(H2,24,26,32). The number of nitrogens with zero attached hydrogens (tertiary/aromatic N) is 2. The van der Waals surface area contributed by atoms with E-state index in [-0.39, 0.29) is 0 Å². The number of thiocarbonyl (C=S) groups is 2. The first kappa shape index (κ1) is 28.7. The van der Waals surface area contributed by atoms with Crippen molar-refractivity contribution in [1.82, 2.24) is 41.2 Å². The monoisotopic (exact) mass is 542 g/mol. The molecular weight excluding hydrogens is 505 g/mol. The van der Waals surface area contributed by atoms with Gasteiger partial charge in [0.2, 0.25) is 0 Å². The van der Waals surface area contributed by atoms with E-state index in [0.29, 0.717) is 0 Å². The largest absolute Gasteiger partial charge is 0.363 e. The summed E-state index contributed by atoms with van der Waals surface area (Å²) in [6.45, 7) is 7.65. The molecule has 2 aromatic heterocycles. The lowest BCUT2D eigenvalue weighted by molar-refractivity contribution is 0.620. The van der Waals surface area contributed by atoms with Crippen LogP contribution < -0.4 is 21.3 Å². The van der Waals surface area contributed by atoms with Crippen molar-refractivity contribution in [2.24, 2.45) is 0 Å². The van der Waals surface area contributed by atoms with Gasteiger partial charge in [-0.3, -0.25) is 0 Å². The van der Waals surface area contributed by atoms with Crippen LogP contribution in [0, 0.1) is 13.8 Å². The fourth-order valence-corrected chi connectivity index (χ4v) is 5.17. The van der Waals surface area contributed by atoms with Crippen LogP contribution >= 0.6 is 48.0 Å². The van der Waals surface area contributed by atoms with Gasteiger partial charge in [-0.2, -0.15) is 23.5 Å². The van der Waals surface area contributed by atoms with Gasteiger partial charge in [0.1, 0.15) is 0 Å². The molecule has 0 spiro atoms. The predicted molar refractivity (Wildman–Crippen MR) is 155 cm³/mol. The van der Waals surface area contributed by atoms with E-state index in [0.717, 1.165) is 95.0 Å². The summed E-state index contributed by atoms with van der Waals surface area (Å²) >= 11 is 14.4. The summed E-state index contributed by atoms with van der Waals surface area (Å²) in [6.07, 6.45) is 8.09. The number of aromatic nitrogens is 4. The topological polar surface area (TPSA) is 105 Å². The Bertz CT molecular complexity index is 770. The number of H-pyrrole nitrogens is 2. The lowest BCUT2D eigenvalue weighted by Gasteiger charge is -2.11. The van der Waals surface area contributed by atoms with Gasteiger partial charge in [-0.25, -0.2) is 9.97 Å². The fourth-order valence-electron chi connectivity index (χ4n) is 3.01. The number of aromatic amines is 2. The first-order chi connectivity index (χ1) is 16.6. The number of unbranched alkanes of at least 4 members (excludes halogenated alkanes) is 3. The van der Waals surface area contributed by atoms with Crippen LogP contribution in [0.2, 0.25) is 0 Å². The first-order valence-corrected chi connectivity index (χ1v) is 14.9. The van der Waals surface area contributed by atoms with Crippen LogP contribution in [0.5, 0.6) is 0 Å². The van der Waals surface area contributed by atoms with Crippen molar-refractivity contribution in [2.75, 3.05) is 37.7 Å². The number of rotatable bonds is 17. The minimum absolute atomic E-state index is 0.743. The molecule has 0 aliphatic rings. The first-order valence-electron chi connectivity index (χ1n) is 11.7. The molecule has 2 rings (SSSR count). The number of hydrogen-bond acceptors (Lipinski definition) is 6. The van der Waals surface area contributed by atoms with Crippen molar-refractivity contribution >= 4 is 58.2 Å². The summed E-state index contributed by atoms with van der Waals surface area (Å²) in [5, 5.41) is 14.6. The molecule has 0 unspecified atom stereocenters. The number of nitrogens with one attached hydrogen (secondary N) is 6. The number of imidazole rings is 2. The molecule has 0 saturated carbocycles. The maximum absolute atomic E-state index is 5.34. The summed E-state index contributed by atoms with van der Waals surface area (Å²) in [4.78, 5) is 14.8. The maximum Gasteiger partial charge on any atom is 0.166 e. The average molecular weight is 543 g/mol. The zero-order valence-electron chi connectivity index (χ0n) is 20.2. The highest BCUT2D eigenvalue weighted by Crippen LogP contribution is 2.12. The van der Waals surface area contributed by atoms with Crippen molar-refractivity contribution in [1.29, 1.82) is 0 Å². The normalized spacial score (nSPS) is 10.8. The molecule has 6 N–H and O–H groups in total. The van der Waals surface area contributed by atoms with E-state index < -0.39 is 0 Å². The van der Waals surface area contributed by atoms with Gasteiger partial charge in [0.25, 0.3) is 0 Å². The zero-order valence-corrected chi connectivity index (χ0v) is 23.4. The molecule has 0 aliphatic carbocycles. The summed E-state index contributed by atoms with van der Waals surface area (Å²) in [5.41, 5.74) is 4.56. The Morgan fingerprint density at radius 1 is 0.706 bits per heavy atom. The van der Waals surface area contributed by atoms with E-state index in [1.54, 1.807) is 12.7 Å². The second-order valence-corrected chi connectivity index (χ2v) is 10.9. The highest BCUT2D eigenvalue weighted by atomic mass is 32.2. The fraction of sp³-hybridized carbons (Fsp3) is 0.636. The smallest absolute Gasteiger partial charge is 0.166 e. The Morgan fingerprint density at radius 2 is 1.12 bits per heavy atom. The van der Waals surface area contributed by atoms with Gasteiger partial charge < -0.3 is 31.2 Å². The Balaban J connectivity index is 1.31. The Morgan fingerprint density at radius 3 is 1.50 bits per heavy atom. The third-order valence-corrected chi connectivity index (χ3v) is 7.60. The zero-order chi connectivity index (χ0) is 24.4. The summed E-state index contributed by atoms with van der Waals surface area (Å²) in [7, 11) is 0. The van der Waals surface area contributed by atoms with Gasteiger partial charge in [-0.15, -0.1) is 0 Å². The molecule has 0 aromatic carbocycles. The highest BCUT2D eigenvalue weighted by Gasteiger charge is 2.02. The SMILES string of the molecule is Cc1[nH]cnc1CSCCNC(=S)NCCCCCCNC(=S)NCCSCc1nc[nH]c1C. The minimum Gasteiger partial charge on any atom is -0.363 e. The maximum atomic E-state index is 5.34. The highest BCUT2D eigenvalue weighted by molar-refractivity contribution is 7.98. The van der Waals surface area contributed by atoms with Crippen LogP contribution in [0.4, 0.5) is 0 Å². The van der Waals surface area contributed by atoms with Gasteiger partial charge in [0, 0.05) is 60.6 Å². The number of hydrogen-bond donors (Lipinski definition) is 6. The predicted octanol–water partition coefficient (Wildman–Crippen LogP) is 3.40. The molecule has 0 aliphatic heterocycles. The molecule has 0 atom stereocenters. The van der Waals surface area contributed by atoms with E-state index in [2.05, 4.69) is 55.1 Å². The number of thioether (sulfide) groups is 2. The molecule has 12 heteroatoms. The number of aryl methyl sites for hydroxylation is 2. The van der Waals surface area contributed by atoms with Gasteiger partial charge in [-0.05, 0) is 51.1 Å². The van der Waals surface area contributed by atoms with Gasteiger partial charge in [0.05, 0.1) is 24.0 Å². The third kappa shape index (κ3) is 12.8. The van der Waals surface area contributed by atoms with Gasteiger partial charge >= 0.3 is 0 Å². The molecule has 0 fully saturated rings. The third-order valence-electron chi connectivity index (χ3n) is 5.08. The Labute approximate surface area is 222 Å². The molecule has 8 nitrogen and oxygen atoms in total. The van der Waals surface area contributed by atoms with E-state index >= 15 is 0 Å². The lowest BCUT2D eigenvalue weighted by Crippen LogP contribution is -2.37. The van der Waals surface area contributed by atoms with Gasteiger partial charge in [0.15, 0.2) is 10.2 Å². The van der Waals surface area contributed by atoms with Crippen molar-refractivity contribution in [2.45, 2.75) is 51.0 Å². The molecule has 190 valence electrons.